The van der Waals surface area contributed by atoms with Crippen LogP contribution in [0.3, 0.4) is 0 Å². The Hall–Kier alpha value is -3.48. The molecule has 7 nitrogen and oxygen atoms in total. The van der Waals surface area contributed by atoms with Crippen molar-refractivity contribution in [2.24, 2.45) is 5.73 Å². The molecule has 7 heteroatoms. The van der Waals surface area contributed by atoms with Crippen LogP contribution < -0.4 is 15.4 Å². The van der Waals surface area contributed by atoms with E-state index in [1.807, 2.05) is 20.8 Å². The molecule has 0 fully saturated rings. The van der Waals surface area contributed by atoms with Gasteiger partial charge in [0, 0.05) is 11.5 Å². The van der Waals surface area contributed by atoms with Gasteiger partial charge in [-0.25, -0.2) is 9.69 Å². The lowest BCUT2D eigenvalue weighted by atomic mass is 9.93. The van der Waals surface area contributed by atoms with E-state index in [-0.39, 0.29) is 11.2 Å². The summed E-state index contributed by atoms with van der Waals surface area (Å²) >= 11 is 0. The number of ether oxygens (including phenoxy) is 1. The molecular formula is C20H21N3O4. The van der Waals surface area contributed by atoms with E-state index in [2.05, 4.69) is 5.16 Å². The topological polar surface area (TPSA) is 102 Å². The van der Waals surface area contributed by atoms with Gasteiger partial charge in [0.25, 0.3) is 0 Å². The van der Waals surface area contributed by atoms with Crippen molar-refractivity contribution in [2.45, 2.75) is 26.2 Å². The summed E-state index contributed by atoms with van der Waals surface area (Å²) in [5.74, 6) is 2.29. The Bertz CT molecular complexity index is 925. The normalized spacial score (nSPS) is 11.2. The number of hydrogen-bond donors (Lipinski definition) is 2. The molecule has 0 saturated heterocycles. The van der Waals surface area contributed by atoms with Crippen LogP contribution in [-0.2, 0) is 5.41 Å². The number of nitrogens with zero attached hydrogens (tertiary/aromatic N) is 2. The van der Waals surface area contributed by atoms with Gasteiger partial charge in [-0.3, -0.25) is 0 Å². The summed E-state index contributed by atoms with van der Waals surface area (Å²) in [6, 6.07) is 14.2. The lowest BCUT2D eigenvalue weighted by Crippen LogP contribution is -2.31. The quantitative estimate of drug-likeness (QED) is 0.697. The minimum Gasteiger partial charge on any atom is -0.508 e. The number of phenols is 1. The second-order valence-corrected chi connectivity index (χ2v) is 7.06. The molecule has 2 amide bonds. The van der Waals surface area contributed by atoms with Crippen LogP contribution in [0.4, 0.5) is 16.3 Å². The van der Waals surface area contributed by atoms with Gasteiger partial charge >= 0.3 is 6.03 Å². The Labute approximate surface area is 157 Å². The molecule has 2 aromatic carbocycles. The van der Waals surface area contributed by atoms with Gasteiger partial charge in [-0.05, 0) is 48.5 Å². The summed E-state index contributed by atoms with van der Waals surface area (Å²) in [6.45, 7) is 5.96. The van der Waals surface area contributed by atoms with Gasteiger partial charge in [0.15, 0.2) is 5.82 Å². The van der Waals surface area contributed by atoms with E-state index >= 15 is 0 Å². The average molecular weight is 367 g/mol. The second-order valence-electron chi connectivity index (χ2n) is 7.06. The number of rotatable bonds is 4. The van der Waals surface area contributed by atoms with Gasteiger partial charge in [-0.1, -0.05) is 25.9 Å². The van der Waals surface area contributed by atoms with Crippen LogP contribution in [0.25, 0.3) is 0 Å². The Kier molecular flexibility index (Phi) is 4.77. The lowest BCUT2D eigenvalue weighted by molar-refractivity contribution is 0.255. The van der Waals surface area contributed by atoms with Gasteiger partial charge in [-0.2, -0.15) is 0 Å². The maximum absolute atomic E-state index is 12.0. The van der Waals surface area contributed by atoms with Crippen molar-refractivity contribution in [3.8, 4) is 17.2 Å². The number of aromatic hydroxyl groups is 1. The van der Waals surface area contributed by atoms with Crippen LogP contribution >= 0.6 is 0 Å². The summed E-state index contributed by atoms with van der Waals surface area (Å²) in [6.07, 6.45) is 0. The third kappa shape index (κ3) is 4.20. The summed E-state index contributed by atoms with van der Waals surface area (Å²) in [5, 5.41) is 13.3. The van der Waals surface area contributed by atoms with Gasteiger partial charge in [0.1, 0.15) is 23.0 Å². The fraction of sp³-hybridized carbons (Fsp3) is 0.200. The number of carbonyl (C=O) groups is 1. The maximum atomic E-state index is 12.0. The number of urea groups is 1. The number of anilines is 2. The molecule has 0 aliphatic carbocycles. The molecule has 0 aliphatic heterocycles. The van der Waals surface area contributed by atoms with Crippen molar-refractivity contribution in [3.63, 3.8) is 0 Å². The van der Waals surface area contributed by atoms with Crippen molar-refractivity contribution in [3.05, 3.63) is 60.4 Å². The molecule has 27 heavy (non-hydrogen) atoms. The lowest BCUT2D eigenvalue weighted by Gasteiger charge is -2.17. The zero-order valence-electron chi connectivity index (χ0n) is 15.3. The predicted molar refractivity (Wildman–Crippen MR) is 102 cm³/mol. The molecule has 1 aromatic heterocycles. The van der Waals surface area contributed by atoms with E-state index in [0.717, 1.165) is 0 Å². The Morgan fingerprint density at radius 3 is 2.11 bits per heavy atom. The van der Waals surface area contributed by atoms with E-state index in [4.69, 9.17) is 15.0 Å². The van der Waals surface area contributed by atoms with Crippen molar-refractivity contribution < 1.29 is 19.2 Å². The zero-order valence-corrected chi connectivity index (χ0v) is 15.3. The number of benzene rings is 2. The van der Waals surface area contributed by atoms with Crippen LogP contribution in [0.5, 0.6) is 17.2 Å². The fourth-order valence-corrected chi connectivity index (χ4v) is 2.41. The Morgan fingerprint density at radius 1 is 1.07 bits per heavy atom. The summed E-state index contributed by atoms with van der Waals surface area (Å²) in [5.41, 5.74) is 5.84. The predicted octanol–water partition coefficient (Wildman–Crippen LogP) is 4.69. The molecule has 3 rings (SSSR count). The van der Waals surface area contributed by atoms with Crippen LogP contribution in [0.2, 0.25) is 0 Å². The molecule has 0 saturated carbocycles. The van der Waals surface area contributed by atoms with Gasteiger partial charge < -0.3 is 20.1 Å². The minimum absolute atomic E-state index is 0.164. The molecule has 0 atom stereocenters. The van der Waals surface area contributed by atoms with Crippen LogP contribution in [0, 0.1) is 0 Å². The van der Waals surface area contributed by atoms with Crippen molar-refractivity contribution in [2.75, 3.05) is 4.90 Å². The zero-order chi connectivity index (χ0) is 19.6. The number of primary amides is 1. The van der Waals surface area contributed by atoms with E-state index in [1.165, 1.54) is 17.0 Å². The maximum Gasteiger partial charge on any atom is 0.325 e. The summed E-state index contributed by atoms with van der Waals surface area (Å²) in [7, 11) is 0. The molecule has 1 heterocycles. The van der Waals surface area contributed by atoms with E-state index < -0.39 is 6.03 Å². The first-order chi connectivity index (χ1) is 12.7. The number of nitrogens with two attached hydrogens (primary N) is 1. The minimum atomic E-state index is -0.670. The molecule has 0 radical (unpaired) electrons. The second kappa shape index (κ2) is 7.03. The van der Waals surface area contributed by atoms with Crippen molar-refractivity contribution in [1.82, 2.24) is 5.16 Å². The van der Waals surface area contributed by atoms with E-state index in [0.29, 0.717) is 28.8 Å². The molecule has 0 spiro atoms. The van der Waals surface area contributed by atoms with Crippen molar-refractivity contribution >= 4 is 17.5 Å². The first-order valence-corrected chi connectivity index (χ1v) is 8.38. The summed E-state index contributed by atoms with van der Waals surface area (Å²) in [4.78, 5) is 13.2. The van der Waals surface area contributed by atoms with Crippen LogP contribution in [0.15, 0.2) is 59.1 Å². The smallest absolute Gasteiger partial charge is 0.325 e. The molecule has 140 valence electrons. The van der Waals surface area contributed by atoms with Gasteiger partial charge in [0.05, 0.1) is 5.69 Å². The molecule has 0 aliphatic rings. The SMILES string of the molecule is CC(C)(C)c1cc(N(C(N)=O)c2ccc(Oc3ccc(O)cc3)cc2)no1. The number of aromatic nitrogens is 1. The van der Waals surface area contributed by atoms with Gasteiger partial charge in [0.2, 0.25) is 0 Å². The van der Waals surface area contributed by atoms with Gasteiger partial charge in [-0.15, -0.1) is 0 Å². The third-order valence-electron chi connectivity index (χ3n) is 3.85. The number of carbonyl (C=O) groups excluding carboxylic acids is 1. The Morgan fingerprint density at radius 2 is 1.63 bits per heavy atom. The van der Waals surface area contributed by atoms with Crippen LogP contribution in [0.1, 0.15) is 26.5 Å². The number of phenolic OH excluding ortho intramolecular Hbond substituents is 1. The first kappa shape index (κ1) is 18.3. The largest absolute Gasteiger partial charge is 0.508 e. The first-order valence-electron chi connectivity index (χ1n) is 8.38. The Balaban J connectivity index is 1.83. The fourth-order valence-electron chi connectivity index (χ4n) is 2.41. The average Bonchev–Trinajstić information content (AvgIpc) is 3.08. The molecule has 0 bridgehead atoms. The highest BCUT2D eigenvalue weighted by molar-refractivity contribution is 5.97. The van der Waals surface area contributed by atoms with E-state index in [9.17, 15) is 9.90 Å². The number of amides is 2. The van der Waals surface area contributed by atoms with Crippen LogP contribution in [-0.4, -0.2) is 16.3 Å². The van der Waals surface area contributed by atoms with Crippen molar-refractivity contribution in [1.29, 1.82) is 0 Å². The van der Waals surface area contributed by atoms with E-state index in [1.54, 1.807) is 42.5 Å². The highest BCUT2D eigenvalue weighted by Crippen LogP contribution is 2.31. The highest BCUT2D eigenvalue weighted by atomic mass is 16.5. The molecule has 3 N–H and O–H groups in total. The molecule has 0 unspecified atom stereocenters. The number of hydrogen-bond acceptors (Lipinski definition) is 5. The highest BCUT2D eigenvalue weighted by Gasteiger charge is 2.24. The summed E-state index contributed by atoms with van der Waals surface area (Å²) < 4.78 is 11.1. The third-order valence-corrected chi connectivity index (χ3v) is 3.85. The molecule has 3 aromatic rings. The monoisotopic (exact) mass is 367 g/mol. The standard InChI is InChI=1S/C20H21N3O4/c1-20(2,3)17-12-18(22-27-17)23(19(21)25)13-4-8-15(9-5-13)26-16-10-6-14(24)7-11-16/h4-12,24H,1-3H3,(H2,21,25). The molecular weight excluding hydrogens is 346 g/mol.